The monoisotopic (exact) mass is 357 g/mol. The second-order valence-electron chi connectivity index (χ2n) is 7.06. The van der Waals surface area contributed by atoms with Crippen LogP contribution in [-0.2, 0) is 17.7 Å². The van der Waals surface area contributed by atoms with Gasteiger partial charge in [0.05, 0.1) is 12.7 Å². The summed E-state index contributed by atoms with van der Waals surface area (Å²) in [6.07, 6.45) is 7.23. The number of morpholine rings is 1. The Bertz CT molecular complexity index is 654. The predicted octanol–water partition coefficient (Wildman–Crippen LogP) is 3.58. The lowest BCUT2D eigenvalue weighted by Gasteiger charge is -2.32. The molecule has 3 heterocycles. The van der Waals surface area contributed by atoms with E-state index in [2.05, 4.69) is 51.3 Å². The minimum absolute atomic E-state index is 0.347. The second-order valence-corrected chi connectivity index (χ2v) is 8.15. The molecule has 1 atom stereocenters. The van der Waals surface area contributed by atoms with Crippen molar-refractivity contribution in [2.75, 3.05) is 37.7 Å². The van der Waals surface area contributed by atoms with Gasteiger partial charge in [0.1, 0.15) is 0 Å². The molecule has 0 saturated carbocycles. The number of ether oxygens (including phenoxy) is 1. The van der Waals surface area contributed by atoms with Gasteiger partial charge >= 0.3 is 0 Å². The minimum atomic E-state index is 0.347. The van der Waals surface area contributed by atoms with Gasteiger partial charge in [-0.05, 0) is 31.2 Å². The van der Waals surface area contributed by atoms with Crippen LogP contribution in [0.5, 0.6) is 0 Å². The predicted molar refractivity (Wildman–Crippen MR) is 103 cm³/mol. The van der Waals surface area contributed by atoms with Gasteiger partial charge < -0.3 is 9.64 Å². The minimum Gasteiger partial charge on any atom is -0.376 e. The zero-order valence-corrected chi connectivity index (χ0v) is 15.6. The maximum Gasteiger partial charge on any atom is 0.185 e. The Hall–Kier alpha value is -1.43. The molecule has 25 heavy (non-hydrogen) atoms. The molecule has 1 aromatic carbocycles. The van der Waals surface area contributed by atoms with Crippen molar-refractivity contribution in [3.8, 4) is 0 Å². The average Bonchev–Trinajstić information content (AvgIpc) is 3.33. The fraction of sp³-hybridized carbons (Fsp3) is 0.550. The van der Waals surface area contributed by atoms with Crippen molar-refractivity contribution in [3.63, 3.8) is 0 Å². The lowest BCUT2D eigenvalue weighted by atomic mass is 10.1. The van der Waals surface area contributed by atoms with Crippen molar-refractivity contribution >= 4 is 16.5 Å². The smallest absolute Gasteiger partial charge is 0.185 e. The molecule has 0 amide bonds. The molecule has 2 aliphatic rings. The summed E-state index contributed by atoms with van der Waals surface area (Å²) in [5, 5.41) is 1.21. The summed E-state index contributed by atoms with van der Waals surface area (Å²) in [6.45, 7) is 6.26. The molecule has 134 valence electrons. The van der Waals surface area contributed by atoms with Gasteiger partial charge in [0.25, 0.3) is 0 Å². The van der Waals surface area contributed by atoms with Crippen LogP contribution < -0.4 is 4.90 Å². The molecule has 4 nitrogen and oxygen atoms in total. The van der Waals surface area contributed by atoms with Crippen LogP contribution in [0.4, 0.5) is 5.13 Å². The quantitative estimate of drug-likeness (QED) is 0.790. The van der Waals surface area contributed by atoms with Crippen LogP contribution in [0, 0.1) is 0 Å². The third-order valence-corrected chi connectivity index (χ3v) is 6.16. The number of nitrogens with zero attached hydrogens (tertiary/aromatic N) is 3. The van der Waals surface area contributed by atoms with Crippen molar-refractivity contribution in [1.29, 1.82) is 0 Å². The first kappa shape index (κ1) is 17.0. The first-order valence-corrected chi connectivity index (χ1v) is 10.3. The molecular weight excluding hydrogens is 330 g/mol. The highest BCUT2D eigenvalue weighted by Crippen LogP contribution is 2.27. The van der Waals surface area contributed by atoms with E-state index in [1.54, 1.807) is 0 Å². The molecule has 5 heteroatoms. The maximum atomic E-state index is 5.99. The molecule has 0 aliphatic carbocycles. The van der Waals surface area contributed by atoms with Gasteiger partial charge in [0.2, 0.25) is 0 Å². The van der Waals surface area contributed by atoms with Gasteiger partial charge in [0.15, 0.2) is 5.13 Å². The number of aryl methyl sites for hydroxylation is 1. The standard InChI is InChI=1S/C20H27N3OS/c1-2-6-17(7-3-1)8-9-18-15-22(12-13-24-18)16-19-14-21-20(25-19)23-10-4-5-11-23/h1-3,6-7,14,18H,4-5,8-13,15-16H2/t18-/m0/s1. The Morgan fingerprint density at radius 3 is 2.80 bits per heavy atom. The highest BCUT2D eigenvalue weighted by molar-refractivity contribution is 7.15. The van der Waals surface area contributed by atoms with Crippen LogP contribution in [0.25, 0.3) is 0 Å². The summed E-state index contributed by atoms with van der Waals surface area (Å²) in [6, 6.07) is 10.7. The molecule has 0 N–H and O–H groups in total. The largest absolute Gasteiger partial charge is 0.376 e. The van der Waals surface area contributed by atoms with Gasteiger partial charge in [-0.3, -0.25) is 4.90 Å². The number of hydrogen-bond donors (Lipinski definition) is 0. The Morgan fingerprint density at radius 1 is 1.12 bits per heavy atom. The topological polar surface area (TPSA) is 28.6 Å². The fourth-order valence-electron chi connectivity index (χ4n) is 3.72. The highest BCUT2D eigenvalue weighted by atomic mass is 32.1. The van der Waals surface area contributed by atoms with Gasteiger partial charge in [-0.1, -0.05) is 30.3 Å². The Morgan fingerprint density at radius 2 is 1.96 bits per heavy atom. The van der Waals surface area contributed by atoms with Crippen LogP contribution in [-0.4, -0.2) is 48.8 Å². The van der Waals surface area contributed by atoms with Crippen LogP contribution in [0.2, 0.25) is 0 Å². The van der Waals surface area contributed by atoms with Crippen molar-refractivity contribution in [1.82, 2.24) is 9.88 Å². The summed E-state index contributed by atoms with van der Waals surface area (Å²) in [4.78, 5) is 11.0. The van der Waals surface area contributed by atoms with Crippen LogP contribution in [0.3, 0.4) is 0 Å². The van der Waals surface area contributed by atoms with E-state index in [4.69, 9.17) is 4.74 Å². The lowest BCUT2D eigenvalue weighted by Crippen LogP contribution is -2.41. The number of hydrogen-bond acceptors (Lipinski definition) is 5. The second kappa shape index (κ2) is 8.30. The number of rotatable bonds is 6. The van der Waals surface area contributed by atoms with Crippen LogP contribution >= 0.6 is 11.3 Å². The molecule has 0 unspecified atom stereocenters. The van der Waals surface area contributed by atoms with Gasteiger partial charge in [-0.2, -0.15) is 0 Å². The molecule has 2 saturated heterocycles. The van der Waals surface area contributed by atoms with Crippen molar-refractivity contribution in [2.45, 2.75) is 38.3 Å². The molecule has 4 rings (SSSR count). The number of aromatic nitrogens is 1. The zero-order chi connectivity index (χ0) is 16.9. The number of benzene rings is 1. The zero-order valence-electron chi connectivity index (χ0n) is 14.8. The van der Waals surface area contributed by atoms with E-state index in [0.29, 0.717) is 6.10 Å². The lowest BCUT2D eigenvalue weighted by molar-refractivity contribution is -0.0342. The average molecular weight is 358 g/mol. The van der Waals surface area contributed by atoms with E-state index in [0.717, 1.165) is 39.1 Å². The van der Waals surface area contributed by atoms with E-state index >= 15 is 0 Å². The summed E-state index contributed by atoms with van der Waals surface area (Å²) in [5.41, 5.74) is 1.40. The molecular formula is C20H27N3OS. The van der Waals surface area contributed by atoms with Crippen LogP contribution in [0.1, 0.15) is 29.7 Å². The normalized spacial score (nSPS) is 21.8. The maximum absolute atomic E-state index is 5.99. The molecule has 0 spiro atoms. The van der Waals surface area contributed by atoms with Crippen molar-refractivity contribution in [2.24, 2.45) is 0 Å². The summed E-state index contributed by atoms with van der Waals surface area (Å²) < 4.78 is 5.99. The van der Waals surface area contributed by atoms with E-state index in [9.17, 15) is 0 Å². The Kier molecular flexibility index (Phi) is 5.65. The van der Waals surface area contributed by atoms with Gasteiger partial charge in [-0.15, -0.1) is 11.3 Å². The summed E-state index contributed by atoms with van der Waals surface area (Å²) >= 11 is 1.87. The highest BCUT2D eigenvalue weighted by Gasteiger charge is 2.22. The third kappa shape index (κ3) is 4.60. The fourth-order valence-corrected chi connectivity index (χ4v) is 4.72. The third-order valence-electron chi connectivity index (χ3n) is 5.12. The summed E-state index contributed by atoms with van der Waals surface area (Å²) in [5.74, 6) is 0. The van der Waals surface area contributed by atoms with Gasteiger partial charge in [0, 0.05) is 43.8 Å². The molecule has 2 aliphatic heterocycles. The van der Waals surface area contributed by atoms with Gasteiger partial charge in [-0.25, -0.2) is 4.98 Å². The Labute approximate surface area is 154 Å². The first-order chi connectivity index (χ1) is 12.4. The number of thiazole rings is 1. The molecule has 2 aromatic rings. The first-order valence-electron chi connectivity index (χ1n) is 9.44. The number of anilines is 1. The van der Waals surface area contributed by atoms with E-state index < -0.39 is 0 Å². The SMILES string of the molecule is c1ccc(CC[C@H]2CN(Cc3cnc(N4CCCC4)s3)CCO2)cc1. The van der Waals surface area contributed by atoms with E-state index in [1.165, 1.54) is 41.5 Å². The van der Waals surface area contributed by atoms with Crippen molar-refractivity contribution < 1.29 is 4.74 Å². The molecule has 1 aromatic heterocycles. The van der Waals surface area contributed by atoms with Crippen molar-refractivity contribution in [3.05, 3.63) is 47.0 Å². The van der Waals surface area contributed by atoms with E-state index in [1.807, 2.05) is 11.3 Å². The molecule has 2 fully saturated rings. The van der Waals surface area contributed by atoms with Crippen LogP contribution in [0.15, 0.2) is 36.5 Å². The Balaban J connectivity index is 1.28. The summed E-state index contributed by atoms with van der Waals surface area (Å²) in [7, 11) is 0. The molecule has 0 bridgehead atoms. The molecule has 0 radical (unpaired) electrons. The van der Waals surface area contributed by atoms with E-state index in [-0.39, 0.29) is 0 Å².